The lowest BCUT2D eigenvalue weighted by molar-refractivity contribution is 0.387. The maximum Gasteiger partial charge on any atom is 0.227 e. The molecule has 9 heteroatoms. The first kappa shape index (κ1) is 47.1. The fraction of sp³-hybridized carbons (Fsp3) is 0.318. The quantitative estimate of drug-likeness (QED) is 0.118. The monoisotopic (exact) mass is 993 g/mol. The van der Waals surface area contributed by atoms with E-state index in [1.807, 2.05) is 18.2 Å². The van der Waals surface area contributed by atoms with Crippen molar-refractivity contribution in [2.75, 3.05) is 21.3 Å². The number of benzene rings is 7. The molecule has 3 heterocycles. The zero-order valence-corrected chi connectivity index (χ0v) is 43.3. The molecule has 3 fully saturated rings. The molecule has 75 heavy (non-hydrogen) atoms. The molecular formula is C66H63N3O6. The van der Waals surface area contributed by atoms with Gasteiger partial charge in [-0.25, -0.2) is 15.0 Å². The predicted octanol–water partition coefficient (Wildman–Crippen LogP) is 18.3. The molecule has 3 saturated carbocycles. The van der Waals surface area contributed by atoms with Gasteiger partial charge in [-0.15, -0.1) is 0 Å². The molecule has 10 aromatic rings. The first-order valence-corrected chi connectivity index (χ1v) is 27.4. The van der Waals surface area contributed by atoms with E-state index in [-0.39, 0.29) is 0 Å². The van der Waals surface area contributed by atoms with Gasteiger partial charge in [0.05, 0.1) is 21.3 Å². The van der Waals surface area contributed by atoms with Gasteiger partial charge in [-0.3, -0.25) is 0 Å². The van der Waals surface area contributed by atoms with Gasteiger partial charge in [0.25, 0.3) is 0 Å². The molecule has 3 aliphatic rings. The van der Waals surface area contributed by atoms with Gasteiger partial charge in [0, 0.05) is 34.9 Å². The van der Waals surface area contributed by atoms with Crippen molar-refractivity contribution >= 4 is 33.3 Å². The lowest BCUT2D eigenvalue weighted by Gasteiger charge is -2.23. The third kappa shape index (κ3) is 9.25. The normalized spacial score (nSPS) is 16.0. The zero-order chi connectivity index (χ0) is 50.4. The first-order valence-electron chi connectivity index (χ1n) is 27.4. The average molecular weight is 994 g/mol. The van der Waals surface area contributed by atoms with Crippen LogP contribution in [0.4, 0.5) is 0 Å². The number of methoxy groups -OCH3 is 3. The molecule has 0 radical (unpaired) electrons. The number of hydrogen-bond acceptors (Lipinski definition) is 9. The van der Waals surface area contributed by atoms with Crippen molar-refractivity contribution in [3.63, 3.8) is 0 Å². The van der Waals surface area contributed by atoms with Crippen LogP contribution in [0, 0.1) is 0 Å². The molecule has 13 rings (SSSR count). The number of oxazole rings is 3. The van der Waals surface area contributed by atoms with E-state index in [9.17, 15) is 0 Å². The summed E-state index contributed by atoms with van der Waals surface area (Å²) in [5, 5.41) is 0. The Hall–Kier alpha value is -7.65. The summed E-state index contributed by atoms with van der Waals surface area (Å²) in [6, 6.07) is 45.1. The molecule has 0 atom stereocenters. The molecule has 378 valence electrons. The molecule has 3 aliphatic carbocycles. The van der Waals surface area contributed by atoms with E-state index in [2.05, 4.69) is 109 Å². The van der Waals surface area contributed by atoms with E-state index in [1.54, 1.807) is 21.3 Å². The van der Waals surface area contributed by atoms with Gasteiger partial charge in [0.2, 0.25) is 17.7 Å². The first-order chi connectivity index (χ1) is 36.9. The van der Waals surface area contributed by atoms with Crippen molar-refractivity contribution < 1.29 is 27.5 Å². The zero-order valence-electron chi connectivity index (χ0n) is 43.3. The van der Waals surface area contributed by atoms with Crippen molar-refractivity contribution in [2.24, 2.45) is 0 Å². The smallest absolute Gasteiger partial charge is 0.227 e. The minimum Gasteiger partial charge on any atom is -0.496 e. The van der Waals surface area contributed by atoms with Crippen LogP contribution in [0.2, 0.25) is 0 Å². The Morgan fingerprint density at radius 3 is 0.813 bits per heavy atom. The van der Waals surface area contributed by atoms with Crippen LogP contribution in [-0.4, -0.2) is 36.3 Å². The Kier molecular flexibility index (Phi) is 12.7. The van der Waals surface area contributed by atoms with Crippen LogP contribution in [0.1, 0.15) is 131 Å². The highest BCUT2D eigenvalue weighted by molar-refractivity contribution is 5.85. The highest BCUT2D eigenvalue weighted by Gasteiger charge is 2.25. The summed E-state index contributed by atoms with van der Waals surface area (Å²) >= 11 is 0. The van der Waals surface area contributed by atoms with Crippen molar-refractivity contribution in [1.29, 1.82) is 0 Å². The lowest BCUT2D eigenvalue weighted by Crippen LogP contribution is -2.06. The van der Waals surface area contributed by atoms with E-state index < -0.39 is 0 Å². The highest BCUT2D eigenvalue weighted by atomic mass is 16.5. The second-order valence-corrected chi connectivity index (χ2v) is 21.3. The third-order valence-electron chi connectivity index (χ3n) is 16.7. The van der Waals surface area contributed by atoms with Gasteiger partial charge in [0.1, 0.15) is 33.8 Å². The topological polar surface area (TPSA) is 106 Å². The molecule has 0 spiro atoms. The molecule has 7 aromatic carbocycles. The predicted molar refractivity (Wildman–Crippen MR) is 299 cm³/mol. The molecule has 0 unspecified atom stereocenters. The standard InChI is InChI=1S/C66H63N3O6/c1-70-58-37-61-55(34-52(58)43-13-7-4-8-14-43)67-64(73-61)46-25-19-40(20-26-46)49-31-50(41-21-27-47(28-22-41)65-68-56-35-53(44-15-9-5-10-16-44)59(71-2)38-62(56)74-65)33-51(32-49)42-23-29-48(30-24-42)66-69-57-36-54(45-17-11-6-12-18-45)60(72-3)39-63(57)75-66/h19-39,43-45H,4-18H2,1-3H3. The maximum absolute atomic E-state index is 6.41. The van der Waals surface area contributed by atoms with Crippen molar-refractivity contribution in [3.05, 3.63) is 144 Å². The summed E-state index contributed by atoms with van der Waals surface area (Å²) in [6.07, 6.45) is 18.5. The minimum absolute atomic E-state index is 0.491. The number of rotatable bonds is 12. The Labute approximate surface area is 438 Å². The van der Waals surface area contributed by atoms with Crippen molar-refractivity contribution in [1.82, 2.24) is 15.0 Å². The Bertz CT molecular complexity index is 3260. The molecule has 0 saturated heterocycles. The van der Waals surface area contributed by atoms with Gasteiger partial charge < -0.3 is 27.5 Å². The van der Waals surface area contributed by atoms with Gasteiger partial charge in [-0.05, 0) is 179 Å². The summed E-state index contributed by atoms with van der Waals surface area (Å²) < 4.78 is 36.9. The number of fused-ring (bicyclic) bond motifs is 3. The average Bonchev–Trinajstić information content (AvgIpc) is 4.23. The van der Waals surface area contributed by atoms with Gasteiger partial charge >= 0.3 is 0 Å². The number of hydrogen-bond donors (Lipinski definition) is 0. The summed E-state index contributed by atoms with van der Waals surface area (Å²) in [6.45, 7) is 0. The van der Waals surface area contributed by atoms with Crippen molar-refractivity contribution in [3.8, 4) is 85.0 Å². The van der Waals surface area contributed by atoms with E-state index in [0.29, 0.717) is 35.4 Å². The second-order valence-electron chi connectivity index (χ2n) is 21.3. The number of aromatic nitrogens is 3. The van der Waals surface area contributed by atoms with Gasteiger partial charge in [-0.2, -0.15) is 0 Å². The van der Waals surface area contributed by atoms with Gasteiger partial charge in [0.15, 0.2) is 16.7 Å². The number of nitrogens with zero attached hydrogens (tertiary/aromatic N) is 3. The molecular weight excluding hydrogens is 931 g/mol. The Balaban J connectivity index is 0.831. The van der Waals surface area contributed by atoms with E-state index in [4.69, 9.17) is 42.4 Å². The van der Waals surface area contributed by atoms with Crippen LogP contribution in [0.15, 0.2) is 141 Å². The van der Waals surface area contributed by atoms with Crippen LogP contribution < -0.4 is 14.2 Å². The van der Waals surface area contributed by atoms with Gasteiger partial charge in [-0.1, -0.05) is 94.2 Å². The largest absolute Gasteiger partial charge is 0.496 e. The number of ether oxygens (including phenoxy) is 3. The maximum atomic E-state index is 6.41. The SMILES string of the molecule is COc1cc2oc(-c3ccc(-c4cc(-c5ccc(-c6nc7cc(C8CCCCC8)c(OC)cc7o6)cc5)cc(-c5ccc(-c6nc7cc(C8CCCCC8)c(OC)cc7o6)cc5)c4)cc3)nc2cc1C1CCCCC1. The third-order valence-corrected chi connectivity index (χ3v) is 16.7. The molecule has 0 N–H and O–H groups in total. The molecule has 3 aromatic heterocycles. The van der Waals surface area contributed by atoms with E-state index >= 15 is 0 Å². The van der Waals surface area contributed by atoms with Crippen LogP contribution in [0.3, 0.4) is 0 Å². The molecule has 0 bridgehead atoms. The lowest BCUT2D eigenvalue weighted by atomic mass is 9.83. The highest BCUT2D eigenvalue weighted by Crippen LogP contribution is 2.44. The Morgan fingerprint density at radius 1 is 0.307 bits per heavy atom. The molecule has 9 nitrogen and oxygen atoms in total. The van der Waals surface area contributed by atoms with E-state index in [0.717, 1.165) is 101 Å². The summed E-state index contributed by atoms with van der Waals surface area (Å²) in [5.74, 6) is 5.92. The molecule has 0 aliphatic heterocycles. The summed E-state index contributed by atoms with van der Waals surface area (Å²) in [4.78, 5) is 15.0. The molecule has 0 amide bonds. The van der Waals surface area contributed by atoms with E-state index in [1.165, 1.54) is 113 Å². The van der Waals surface area contributed by atoms with Crippen LogP contribution >= 0.6 is 0 Å². The summed E-state index contributed by atoms with van der Waals surface area (Å²) in [7, 11) is 5.25. The van der Waals surface area contributed by atoms with Crippen LogP contribution in [-0.2, 0) is 0 Å². The fourth-order valence-electron chi connectivity index (χ4n) is 12.6. The second kappa shape index (κ2) is 20.2. The van der Waals surface area contributed by atoms with Crippen LogP contribution in [0.5, 0.6) is 17.2 Å². The van der Waals surface area contributed by atoms with Crippen molar-refractivity contribution in [2.45, 2.75) is 114 Å². The Morgan fingerprint density at radius 2 is 0.560 bits per heavy atom. The van der Waals surface area contributed by atoms with Crippen LogP contribution in [0.25, 0.3) is 101 Å². The fourth-order valence-corrected chi connectivity index (χ4v) is 12.6. The summed E-state index contributed by atoms with van der Waals surface area (Å²) in [5.41, 5.74) is 17.8. The minimum atomic E-state index is 0.491.